The van der Waals surface area contributed by atoms with Crippen molar-refractivity contribution in [3.8, 4) is 28.6 Å². The number of carbonyl (C=O) groups excluding carboxylic acids is 1. The van der Waals surface area contributed by atoms with Crippen LogP contribution in [0.5, 0.6) is 11.5 Å². The van der Waals surface area contributed by atoms with Crippen LogP contribution in [-0.4, -0.2) is 44.4 Å². The molecule has 8 nitrogen and oxygen atoms in total. The van der Waals surface area contributed by atoms with Gasteiger partial charge in [-0.25, -0.2) is 5.43 Å². The van der Waals surface area contributed by atoms with Crippen LogP contribution in [0.3, 0.4) is 0 Å². The molecule has 0 aliphatic heterocycles. The van der Waals surface area contributed by atoms with E-state index in [0.29, 0.717) is 27.6 Å². The van der Waals surface area contributed by atoms with E-state index >= 15 is 0 Å². The van der Waals surface area contributed by atoms with Gasteiger partial charge in [0, 0.05) is 21.3 Å². The minimum atomic E-state index is -0.327. The highest BCUT2D eigenvalue weighted by molar-refractivity contribution is 9.11. The monoisotopic (exact) mass is 629 g/mol. The third-order valence-corrected chi connectivity index (χ3v) is 6.85. The standard InChI is InChI=1S/C25H21Br2N5O3S/c1-2-35-20-10-8-19(9-11-20)32-24(16-6-4-3-5-7-16)30-31-25(32)36-15-22(33)29-28-14-17-12-18(26)13-21(27)23(17)34/h3-14,34H,2,15H2,1H3,(H,29,33). The smallest absolute Gasteiger partial charge is 0.250 e. The largest absolute Gasteiger partial charge is 0.506 e. The van der Waals surface area contributed by atoms with Crippen molar-refractivity contribution < 1.29 is 14.6 Å². The maximum absolute atomic E-state index is 12.5. The Bertz CT molecular complexity index is 1380. The van der Waals surface area contributed by atoms with Gasteiger partial charge >= 0.3 is 0 Å². The van der Waals surface area contributed by atoms with E-state index in [4.69, 9.17) is 4.74 Å². The number of thioether (sulfide) groups is 1. The highest BCUT2D eigenvalue weighted by atomic mass is 79.9. The van der Waals surface area contributed by atoms with Crippen molar-refractivity contribution in [3.05, 3.63) is 81.2 Å². The number of hydrogen-bond acceptors (Lipinski definition) is 7. The third-order valence-electron chi connectivity index (χ3n) is 4.85. The molecule has 184 valence electrons. The first-order valence-electron chi connectivity index (χ1n) is 10.8. The summed E-state index contributed by atoms with van der Waals surface area (Å²) in [5, 5.41) is 23.4. The maximum atomic E-state index is 12.5. The van der Waals surface area contributed by atoms with E-state index in [0.717, 1.165) is 21.5 Å². The molecule has 4 rings (SSSR count). The zero-order valence-corrected chi connectivity index (χ0v) is 23.0. The summed E-state index contributed by atoms with van der Waals surface area (Å²) in [4.78, 5) is 12.5. The van der Waals surface area contributed by atoms with Crippen LogP contribution < -0.4 is 10.2 Å². The molecule has 0 spiro atoms. The molecule has 4 aromatic rings. The van der Waals surface area contributed by atoms with Gasteiger partial charge in [0.1, 0.15) is 11.5 Å². The molecule has 1 aromatic heterocycles. The number of phenols is 1. The minimum Gasteiger partial charge on any atom is -0.506 e. The van der Waals surface area contributed by atoms with Crippen molar-refractivity contribution in [2.45, 2.75) is 12.1 Å². The Morgan fingerprint density at radius 1 is 1.14 bits per heavy atom. The second-order valence-electron chi connectivity index (χ2n) is 7.34. The summed E-state index contributed by atoms with van der Waals surface area (Å²) in [6, 6.07) is 20.8. The Labute approximate surface area is 229 Å². The lowest BCUT2D eigenvalue weighted by Crippen LogP contribution is -2.20. The molecule has 36 heavy (non-hydrogen) atoms. The van der Waals surface area contributed by atoms with Crippen molar-refractivity contribution in [2.75, 3.05) is 12.4 Å². The van der Waals surface area contributed by atoms with Crippen LogP contribution in [0.15, 0.2) is 85.9 Å². The molecule has 0 unspecified atom stereocenters. The fourth-order valence-corrected chi connectivity index (χ4v) is 5.25. The number of carbonyl (C=O) groups is 1. The summed E-state index contributed by atoms with van der Waals surface area (Å²) in [7, 11) is 0. The number of aromatic nitrogens is 3. The van der Waals surface area contributed by atoms with Crippen LogP contribution in [0.4, 0.5) is 0 Å². The lowest BCUT2D eigenvalue weighted by Gasteiger charge is -2.11. The first-order valence-corrected chi connectivity index (χ1v) is 13.4. The van der Waals surface area contributed by atoms with Gasteiger partial charge in [0.25, 0.3) is 5.91 Å². The number of amides is 1. The van der Waals surface area contributed by atoms with Gasteiger partial charge in [-0.1, -0.05) is 58.0 Å². The van der Waals surface area contributed by atoms with Crippen molar-refractivity contribution in [3.63, 3.8) is 0 Å². The Balaban J connectivity index is 1.51. The van der Waals surface area contributed by atoms with E-state index in [1.54, 1.807) is 12.1 Å². The molecular formula is C25H21Br2N5O3S. The summed E-state index contributed by atoms with van der Waals surface area (Å²) in [5.41, 5.74) is 4.68. The highest BCUT2D eigenvalue weighted by Gasteiger charge is 2.17. The molecule has 1 amide bonds. The number of hydrogen-bond donors (Lipinski definition) is 2. The topological polar surface area (TPSA) is 102 Å². The fourth-order valence-electron chi connectivity index (χ4n) is 3.25. The van der Waals surface area contributed by atoms with Crippen molar-refractivity contribution in [1.29, 1.82) is 0 Å². The molecule has 0 atom stereocenters. The normalized spacial score (nSPS) is 11.1. The SMILES string of the molecule is CCOc1ccc(-n2c(SCC(=O)NN=Cc3cc(Br)cc(Br)c3O)nnc2-c2ccccc2)cc1. The summed E-state index contributed by atoms with van der Waals surface area (Å²) in [6.07, 6.45) is 1.38. The van der Waals surface area contributed by atoms with Crippen LogP contribution in [-0.2, 0) is 4.79 Å². The average Bonchev–Trinajstić information content (AvgIpc) is 3.31. The molecule has 0 saturated carbocycles. The summed E-state index contributed by atoms with van der Waals surface area (Å²) >= 11 is 7.87. The average molecular weight is 631 g/mol. The minimum absolute atomic E-state index is 0.0301. The summed E-state index contributed by atoms with van der Waals surface area (Å²) in [6.45, 7) is 2.52. The van der Waals surface area contributed by atoms with E-state index in [2.05, 4.69) is 52.6 Å². The van der Waals surface area contributed by atoms with Gasteiger partial charge in [-0.2, -0.15) is 5.10 Å². The molecule has 2 N–H and O–H groups in total. The van der Waals surface area contributed by atoms with Crippen LogP contribution in [0.1, 0.15) is 12.5 Å². The molecule has 3 aromatic carbocycles. The zero-order valence-electron chi connectivity index (χ0n) is 19.1. The van der Waals surface area contributed by atoms with Gasteiger partial charge in [0.2, 0.25) is 0 Å². The Morgan fingerprint density at radius 3 is 2.61 bits per heavy atom. The molecule has 0 aliphatic carbocycles. The quantitative estimate of drug-likeness (QED) is 0.138. The van der Waals surface area contributed by atoms with E-state index < -0.39 is 0 Å². The van der Waals surface area contributed by atoms with Crippen LogP contribution >= 0.6 is 43.6 Å². The van der Waals surface area contributed by atoms with Gasteiger partial charge in [-0.3, -0.25) is 9.36 Å². The Kier molecular flexibility index (Phi) is 8.79. The number of nitrogens with one attached hydrogen (secondary N) is 1. The van der Waals surface area contributed by atoms with E-state index in [1.807, 2.05) is 66.1 Å². The fraction of sp³-hybridized carbons (Fsp3) is 0.120. The first-order chi connectivity index (χ1) is 17.5. The molecule has 11 heteroatoms. The number of phenolic OH excluding ortho intramolecular Hbond substituents is 1. The molecule has 1 heterocycles. The van der Waals surface area contributed by atoms with E-state index in [-0.39, 0.29) is 17.4 Å². The number of ether oxygens (including phenoxy) is 1. The second-order valence-corrected chi connectivity index (χ2v) is 10.1. The molecule has 0 aliphatic rings. The maximum Gasteiger partial charge on any atom is 0.250 e. The third kappa shape index (κ3) is 6.34. The molecule has 0 fully saturated rings. The van der Waals surface area contributed by atoms with Crippen LogP contribution in [0, 0.1) is 0 Å². The van der Waals surface area contributed by atoms with E-state index in [1.165, 1.54) is 18.0 Å². The van der Waals surface area contributed by atoms with Crippen molar-refractivity contribution in [2.24, 2.45) is 5.10 Å². The molecule has 0 radical (unpaired) electrons. The number of hydrazone groups is 1. The lowest BCUT2D eigenvalue weighted by atomic mass is 10.2. The van der Waals surface area contributed by atoms with E-state index in [9.17, 15) is 9.90 Å². The highest BCUT2D eigenvalue weighted by Crippen LogP contribution is 2.31. The molecular weight excluding hydrogens is 610 g/mol. The van der Waals surface area contributed by atoms with Crippen LogP contribution in [0.25, 0.3) is 17.1 Å². The van der Waals surface area contributed by atoms with Gasteiger partial charge < -0.3 is 9.84 Å². The number of nitrogens with zero attached hydrogens (tertiary/aromatic N) is 4. The first kappa shape index (κ1) is 25.9. The number of aromatic hydroxyl groups is 1. The summed E-state index contributed by atoms with van der Waals surface area (Å²) in [5.74, 6) is 1.20. The molecule has 0 saturated heterocycles. The van der Waals surface area contributed by atoms with Gasteiger partial charge in [0.05, 0.1) is 23.0 Å². The van der Waals surface area contributed by atoms with Gasteiger partial charge in [-0.15, -0.1) is 10.2 Å². The number of halogens is 2. The number of rotatable bonds is 9. The number of benzene rings is 3. The summed E-state index contributed by atoms with van der Waals surface area (Å²) < 4.78 is 8.74. The molecule has 0 bridgehead atoms. The lowest BCUT2D eigenvalue weighted by molar-refractivity contribution is -0.118. The van der Waals surface area contributed by atoms with Gasteiger partial charge in [0.15, 0.2) is 11.0 Å². The van der Waals surface area contributed by atoms with Gasteiger partial charge in [-0.05, 0) is 59.3 Å². The predicted octanol–water partition coefficient (Wildman–Crippen LogP) is 5.81. The zero-order chi connectivity index (χ0) is 25.5. The van der Waals surface area contributed by atoms with Crippen LogP contribution in [0.2, 0.25) is 0 Å². The Morgan fingerprint density at radius 2 is 1.89 bits per heavy atom. The van der Waals surface area contributed by atoms with Crippen molar-refractivity contribution in [1.82, 2.24) is 20.2 Å². The Hall–Kier alpha value is -3.15. The van der Waals surface area contributed by atoms with Crippen molar-refractivity contribution >= 4 is 55.7 Å². The predicted molar refractivity (Wildman–Crippen MR) is 148 cm³/mol. The second kappa shape index (κ2) is 12.2.